The van der Waals surface area contributed by atoms with Crippen LogP contribution in [0.5, 0.6) is 0 Å². The molecule has 0 fully saturated rings. The molecule has 0 radical (unpaired) electrons. The third-order valence-electron chi connectivity index (χ3n) is 3.35. The van der Waals surface area contributed by atoms with Gasteiger partial charge in [-0.15, -0.1) is 0 Å². The van der Waals surface area contributed by atoms with Crippen molar-refractivity contribution in [1.82, 2.24) is 0 Å². The quantitative estimate of drug-likeness (QED) is 0.817. The van der Waals surface area contributed by atoms with Crippen LogP contribution in [0.2, 0.25) is 0 Å². The molecule has 122 valence electrons. The topological polar surface area (TPSA) is 58.2 Å². The van der Waals surface area contributed by atoms with E-state index in [2.05, 4.69) is 36.6 Å². The number of anilines is 2. The van der Waals surface area contributed by atoms with E-state index in [9.17, 15) is 8.42 Å². The lowest BCUT2D eigenvalue weighted by molar-refractivity contribution is 0.602. The molecule has 0 bridgehead atoms. The van der Waals surface area contributed by atoms with E-state index >= 15 is 0 Å². The molecule has 0 aromatic heterocycles. The molecule has 0 unspecified atom stereocenters. The third-order valence-corrected chi connectivity index (χ3v) is 4.68. The van der Waals surface area contributed by atoms with E-state index in [0.29, 0.717) is 11.0 Å². The highest BCUT2D eigenvalue weighted by Gasteiger charge is 2.07. The van der Waals surface area contributed by atoms with Gasteiger partial charge in [-0.2, -0.15) is 0 Å². The SMILES string of the molecule is CC(C)c1cccc(NC(=S)Nc2ccc(S(C)(=O)=O)cc2)c1. The Morgan fingerprint density at radius 2 is 1.61 bits per heavy atom. The first-order valence-corrected chi connectivity index (χ1v) is 9.54. The number of thiocarbonyl (C=S) groups is 1. The summed E-state index contributed by atoms with van der Waals surface area (Å²) in [5.41, 5.74) is 2.88. The van der Waals surface area contributed by atoms with Gasteiger partial charge >= 0.3 is 0 Å². The van der Waals surface area contributed by atoms with Gasteiger partial charge in [-0.1, -0.05) is 26.0 Å². The maximum absolute atomic E-state index is 11.4. The van der Waals surface area contributed by atoms with Crippen LogP contribution >= 0.6 is 12.2 Å². The van der Waals surface area contributed by atoms with Gasteiger partial charge in [0.2, 0.25) is 0 Å². The van der Waals surface area contributed by atoms with Crippen molar-refractivity contribution in [2.45, 2.75) is 24.7 Å². The van der Waals surface area contributed by atoms with Crippen LogP contribution in [0.1, 0.15) is 25.3 Å². The van der Waals surface area contributed by atoms with Crippen molar-refractivity contribution in [3.05, 3.63) is 54.1 Å². The summed E-state index contributed by atoms with van der Waals surface area (Å²) in [4.78, 5) is 0.284. The lowest BCUT2D eigenvalue weighted by Gasteiger charge is -2.13. The van der Waals surface area contributed by atoms with E-state index in [-0.39, 0.29) is 4.90 Å². The first-order valence-electron chi connectivity index (χ1n) is 7.24. The predicted molar refractivity (Wildman–Crippen MR) is 99.9 cm³/mol. The molecule has 23 heavy (non-hydrogen) atoms. The maximum Gasteiger partial charge on any atom is 0.175 e. The highest BCUT2D eigenvalue weighted by Crippen LogP contribution is 2.19. The number of benzene rings is 2. The molecule has 4 nitrogen and oxygen atoms in total. The summed E-state index contributed by atoms with van der Waals surface area (Å²) in [6.07, 6.45) is 1.18. The van der Waals surface area contributed by atoms with E-state index in [0.717, 1.165) is 11.4 Å². The molecule has 2 aromatic rings. The Kier molecular flexibility index (Phi) is 5.38. The standard InChI is InChI=1S/C17H20N2O2S2/c1-12(2)13-5-4-6-15(11-13)19-17(22)18-14-7-9-16(10-8-14)23(3,20)21/h4-12H,1-3H3,(H2,18,19,22). The van der Waals surface area contributed by atoms with Gasteiger partial charge in [-0.05, 0) is 60.1 Å². The second-order valence-electron chi connectivity index (χ2n) is 5.66. The summed E-state index contributed by atoms with van der Waals surface area (Å²) in [5.74, 6) is 0.446. The van der Waals surface area contributed by atoms with Crippen LogP contribution in [0.4, 0.5) is 11.4 Å². The van der Waals surface area contributed by atoms with Crippen molar-refractivity contribution in [3.8, 4) is 0 Å². The van der Waals surface area contributed by atoms with Crippen molar-refractivity contribution in [2.75, 3.05) is 16.9 Å². The summed E-state index contributed by atoms with van der Waals surface area (Å²) >= 11 is 5.29. The molecule has 0 aliphatic rings. The molecular formula is C17H20N2O2S2. The molecule has 0 heterocycles. The Hall–Kier alpha value is -1.92. The Morgan fingerprint density at radius 3 is 2.17 bits per heavy atom. The van der Waals surface area contributed by atoms with E-state index in [1.54, 1.807) is 24.3 Å². The van der Waals surface area contributed by atoms with E-state index in [1.807, 2.05) is 12.1 Å². The van der Waals surface area contributed by atoms with Gasteiger partial charge < -0.3 is 10.6 Å². The lowest BCUT2D eigenvalue weighted by Crippen LogP contribution is -2.19. The molecule has 0 spiro atoms. The van der Waals surface area contributed by atoms with Crippen LogP contribution in [0.15, 0.2) is 53.4 Å². The van der Waals surface area contributed by atoms with Crippen LogP contribution in [-0.2, 0) is 9.84 Å². The summed E-state index contributed by atoms with van der Waals surface area (Å²) in [6, 6.07) is 14.6. The highest BCUT2D eigenvalue weighted by atomic mass is 32.2. The first-order chi connectivity index (χ1) is 10.8. The van der Waals surface area contributed by atoms with Crippen LogP contribution in [0, 0.1) is 0 Å². The second kappa shape index (κ2) is 7.10. The van der Waals surface area contributed by atoms with E-state index < -0.39 is 9.84 Å². The molecule has 0 saturated heterocycles. The zero-order valence-electron chi connectivity index (χ0n) is 13.3. The fraction of sp³-hybridized carbons (Fsp3) is 0.235. The van der Waals surface area contributed by atoms with Crippen molar-refractivity contribution >= 4 is 38.5 Å². The highest BCUT2D eigenvalue weighted by molar-refractivity contribution is 7.90. The van der Waals surface area contributed by atoms with Gasteiger partial charge in [-0.25, -0.2) is 8.42 Å². The predicted octanol–water partition coefficient (Wildman–Crippen LogP) is 4.02. The van der Waals surface area contributed by atoms with Crippen LogP contribution in [-0.4, -0.2) is 19.8 Å². The van der Waals surface area contributed by atoms with Crippen molar-refractivity contribution < 1.29 is 8.42 Å². The summed E-state index contributed by atoms with van der Waals surface area (Å²) < 4.78 is 22.9. The molecule has 0 saturated carbocycles. The van der Waals surface area contributed by atoms with E-state index in [1.165, 1.54) is 11.8 Å². The smallest absolute Gasteiger partial charge is 0.175 e. The Balaban J connectivity index is 2.04. The fourth-order valence-corrected chi connectivity index (χ4v) is 2.92. The molecule has 0 aliphatic carbocycles. The van der Waals surface area contributed by atoms with Crippen molar-refractivity contribution in [1.29, 1.82) is 0 Å². The molecule has 2 N–H and O–H groups in total. The van der Waals surface area contributed by atoms with Gasteiger partial charge in [0.25, 0.3) is 0 Å². The minimum atomic E-state index is -3.19. The number of hydrogen-bond donors (Lipinski definition) is 2. The van der Waals surface area contributed by atoms with Crippen LogP contribution in [0.25, 0.3) is 0 Å². The molecule has 0 amide bonds. The zero-order chi connectivity index (χ0) is 17.0. The Bertz CT molecular complexity index is 798. The van der Waals surface area contributed by atoms with Gasteiger partial charge in [0.1, 0.15) is 0 Å². The monoisotopic (exact) mass is 348 g/mol. The zero-order valence-corrected chi connectivity index (χ0v) is 15.0. The molecule has 2 rings (SSSR count). The van der Waals surface area contributed by atoms with Gasteiger partial charge in [0.05, 0.1) is 4.90 Å². The van der Waals surface area contributed by atoms with Crippen molar-refractivity contribution in [2.24, 2.45) is 0 Å². The van der Waals surface area contributed by atoms with Crippen LogP contribution < -0.4 is 10.6 Å². The molecule has 2 aromatic carbocycles. The average molecular weight is 348 g/mol. The lowest BCUT2D eigenvalue weighted by atomic mass is 10.0. The minimum Gasteiger partial charge on any atom is -0.332 e. The van der Waals surface area contributed by atoms with Gasteiger partial charge in [-0.3, -0.25) is 0 Å². The summed E-state index contributed by atoms with van der Waals surface area (Å²) in [7, 11) is -3.19. The Labute approximate surface area is 142 Å². The number of rotatable bonds is 4. The van der Waals surface area contributed by atoms with Crippen molar-refractivity contribution in [3.63, 3.8) is 0 Å². The maximum atomic E-state index is 11.4. The summed E-state index contributed by atoms with van der Waals surface area (Å²) in [5, 5.41) is 6.63. The number of hydrogen-bond acceptors (Lipinski definition) is 3. The van der Waals surface area contributed by atoms with Crippen LogP contribution in [0.3, 0.4) is 0 Å². The normalized spacial score (nSPS) is 11.3. The molecule has 0 aliphatic heterocycles. The van der Waals surface area contributed by atoms with E-state index in [4.69, 9.17) is 12.2 Å². The van der Waals surface area contributed by atoms with Gasteiger partial charge in [0.15, 0.2) is 14.9 Å². The largest absolute Gasteiger partial charge is 0.332 e. The average Bonchev–Trinajstić information content (AvgIpc) is 2.47. The second-order valence-corrected chi connectivity index (χ2v) is 8.08. The third kappa shape index (κ3) is 5.04. The Morgan fingerprint density at radius 1 is 1.00 bits per heavy atom. The number of sulfone groups is 1. The number of nitrogens with one attached hydrogen (secondary N) is 2. The first kappa shape index (κ1) is 17.4. The molecule has 0 atom stereocenters. The molecular weight excluding hydrogens is 328 g/mol. The fourth-order valence-electron chi connectivity index (χ4n) is 2.05. The minimum absolute atomic E-state index is 0.284. The summed E-state index contributed by atoms with van der Waals surface area (Å²) in [6.45, 7) is 4.28. The molecule has 6 heteroatoms. The van der Waals surface area contributed by atoms with Gasteiger partial charge in [0, 0.05) is 17.6 Å².